The van der Waals surface area contributed by atoms with Crippen LogP contribution in [0.15, 0.2) is 24.3 Å². The molecule has 1 amide bonds. The Morgan fingerprint density at radius 3 is 2.82 bits per heavy atom. The van der Waals surface area contributed by atoms with E-state index in [-0.39, 0.29) is 5.91 Å². The average Bonchev–Trinajstić information content (AvgIpc) is 3.02. The van der Waals surface area contributed by atoms with Crippen molar-refractivity contribution in [3.63, 3.8) is 0 Å². The summed E-state index contributed by atoms with van der Waals surface area (Å²) in [7, 11) is 4.01. The van der Waals surface area contributed by atoms with Crippen LogP contribution in [0.25, 0.3) is 0 Å². The van der Waals surface area contributed by atoms with E-state index in [4.69, 9.17) is 0 Å². The molecule has 6 heteroatoms. The molecule has 0 aliphatic carbocycles. The number of anilines is 1. The van der Waals surface area contributed by atoms with Crippen molar-refractivity contribution in [3.05, 3.63) is 27.2 Å². The lowest BCUT2D eigenvalue weighted by Crippen LogP contribution is -2.59. The highest BCUT2D eigenvalue weighted by Crippen LogP contribution is 2.42. The first-order valence-corrected chi connectivity index (χ1v) is 9.47. The third-order valence-electron chi connectivity index (χ3n) is 4.40. The SMILES string of the molecule is CN(C)C/C=C/C(=O)N1CC2(CCN(c3ccc(I)s3)C2)C1. The van der Waals surface area contributed by atoms with Crippen LogP contribution in [0.1, 0.15) is 6.42 Å². The van der Waals surface area contributed by atoms with Gasteiger partial charge in [-0.25, -0.2) is 0 Å². The third-order valence-corrected chi connectivity index (χ3v) is 6.36. The van der Waals surface area contributed by atoms with E-state index in [0.717, 1.165) is 32.7 Å². The molecule has 0 aromatic carbocycles. The molecule has 4 nitrogen and oxygen atoms in total. The van der Waals surface area contributed by atoms with Gasteiger partial charge < -0.3 is 14.7 Å². The van der Waals surface area contributed by atoms with E-state index in [0.29, 0.717) is 5.41 Å². The Balaban J connectivity index is 1.50. The van der Waals surface area contributed by atoms with Crippen molar-refractivity contribution in [3.8, 4) is 0 Å². The highest BCUT2D eigenvalue weighted by atomic mass is 127. The van der Waals surface area contributed by atoms with Gasteiger partial charge in [0, 0.05) is 44.2 Å². The molecule has 22 heavy (non-hydrogen) atoms. The topological polar surface area (TPSA) is 26.8 Å². The minimum absolute atomic E-state index is 0.164. The molecular formula is C16H22IN3OS. The summed E-state index contributed by atoms with van der Waals surface area (Å²) in [4.78, 5) is 18.6. The number of hydrogen-bond donors (Lipinski definition) is 0. The molecule has 0 N–H and O–H groups in total. The number of likely N-dealkylation sites (N-methyl/N-ethyl adjacent to an activating group) is 1. The fraction of sp³-hybridized carbons (Fsp3) is 0.562. The summed E-state index contributed by atoms with van der Waals surface area (Å²) in [6, 6.07) is 4.40. The van der Waals surface area contributed by atoms with E-state index in [9.17, 15) is 4.79 Å². The molecule has 2 aliphatic rings. The van der Waals surface area contributed by atoms with Gasteiger partial charge in [-0.05, 0) is 55.2 Å². The molecule has 0 atom stereocenters. The van der Waals surface area contributed by atoms with Gasteiger partial charge in [0.1, 0.15) is 0 Å². The normalized spacial score (nSPS) is 20.4. The molecule has 1 spiro atoms. The average molecular weight is 431 g/mol. The lowest BCUT2D eigenvalue weighted by atomic mass is 9.79. The molecule has 0 saturated carbocycles. The summed E-state index contributed by atoms with van der Waals surface area (Å²) >= 11 is 4.23. The van der Waals surface area contributed by atoms with Crippen molar-refractivity contribution < 1.29 is 4.79 Å². The number of rotatable bonds is 4. The van der Waals surface area contributed by atoms with Crippen LogP contribution in [-0.2, 0) is 4.79 Å². The minimum Gasteiger partial charge on any atom is -0.363 e. The quantitative estimate of drug-likeness (QED) is 0.542. The van der Waals surface area contributed by atoms with Crippen LogP contribution in [0, 0.1) is 8.30 Å². The summed E-state index contributed by atoms with van der Waals surface area (Å²) in [6.45, 7) is 4.85. The predicted octanol–water partition coefficient (Wildman–Crippen LogP) is 2.51. The second kappa shape index (κ2) is 6.49. The van der Waals surface area contributed by atoms with Crippen molar-refractivity contribution in [1.82, 2.24) is 9.80 Å². The lowest BCUT2D eigenvalue weighted by Gasteiger charge is -2.47. The molecule has 1 aromatic rings. The maximum atomic E-state index is 12.1. The maximum Gasteiger partial charge on any atom is 0.246 e. The summed E-state index contributed by atoms with van der Waals surface area (Å²) in [6.07, 6.45) is 4.87. The standard InChI is InChI=1S/C16H22IN3OS/c1-18(2)8-3-4-14(21)20-11-16(12-20)7-9-19(10-16)15-6-5-13(17)22-15/h3-6H,7-12H2,1-2H3/b4-3+. The van der Waals surface area contributed by atoms with Crippen LogP contribution >= 0.6 is 33.9 Å². The predicted molar refractivity (Wildman–Crippen MR) is 101 cm³/mol. The van der Waals surface area contributed by atoms with Gasteiger partial charge in [0.15, 0.2) is 0 Å². The number of nitrogens with zero attached hydrogens (tertiary/aromatic N) is 3. The Bertz CT molecular complexity index is 578. The molecular weight excluding hydrogens is 409 g/mol. The molecule has 120 valence electrons. The molecule has 2 fully saturated rings. The molecule has 2 saturated heterocycles. The van der Waals surface area contributed by atoms with Gasteiger partial charge in [-0.1, -0.05) is 6.08 Å². The van der Waals surface area contributed by atoms with Crippen LogP contribution < -0.4 is 4.90 Å². The van der Waals surface area contributed by atoms with E-state index in [1.807, 2.05) is 36.4 Å². The molecule has 3 heterocycles. The number of amides is 1. The second-order valence-corrected chi connectivity index (χ2v) is 9.56. The number of carbonyl (C=O) groups excluding carboxylic acids is 1. The van der Waals surface area contributed by atoms with E-state index in [1.54, 1.807) is 6.08 Å². The van der Waals surface area contributed by atoms with Gasteiger partial charge in [-0.15, -0.1) is 11.3 Å². The zero-order valence-electron chi connectivity index (χ0n) is 13.1. The van der Waals surface area contributed by atoms with Gasteiger partial charge in [-0.2, -0.15) is 0 Å². The van der Waals surface area contributed by atoms with Gasteiger partial charge in [0.25, 0.3) is 0 Å². The van der Waals surface area contributed by atoms with E-state index >= 15 is 0 Å². The van der Waals surface area contributed by atoms with Gasteiger partial charge in [-0.3, -0.25) is 4.79 Å². The number of carbonyl (C=O) groups is 1. The summed E-state index contributed by atoms with van der Waals surface area (Å²) in [5.41, 5.74) is 0.334. The Labute approximate surface area is 149 Å². The number of hydrogen-bond acceptors (Lipinski definition) is 4. The zero-order valence-corrected chi connectivity index (χ0v) is 16.1. The van der Waals surface area contributed by atoms with Gasteiger partial charge in [0.2, 0.25) is 5.91 Å². The second-order valence-electron chi connectivity index (χ2n) is 6.61. The van der Waals surface area contributed by atoms with E-state index < -0.39 is 0 Å². The first-order valence-electron chi connectivity index (χ1n) is 7.58. The summed E-state index contributed by atoms with van der Waals surface area (Å²) in [5, 5.41) is 1.37. The van der Waals surface area contributed by atoms with Crippen molar-refractivity contribution >= 4 is 44.8 Å². The zero-order chi connectivity index (χ0) is 15.7. The smallest absolute Gasteiger partial charge is 0.246 e. The molecule has 2 aliphatic heterocycles. The van der Waals surface area contributed by atoms with E-state index in [2.05, 4.69) is 44.5 Å². The Morgan fingerprint density at radius 1 is 1.41 bits per heavy atom. The van der Waals surface area contributed by atoms with Gasteiger partial charge >= 0.3 is 0 Å². The Kier molecular flexibility index (Phi) is 4.80. The number of likely N-dealkylation sites (tertiary alicyclic amines) is 1. The monoisotopic (exact) mass is 431 g/mol. The first-order chi connectivity index (χ1) is 10.5. The van der Waals surface area contributed by atoms with Crippen LogP contribution in [-0.4, -0.2) is 62.5 Å². The molecule has 3 rings (SSSR count). The first kappa shape index (κ1) is 16.3. The molecule has 0 unspecified atom stereocenters. The van der Waals surface area contributed by atoms with E-state index in [1.165, 1.54) is 14.3 Å². The van der Waals surface area contributed by atoms with Crippen molar-refractivity contribution in [2.24, 2.45) is 5.41 Å². The summed E-state index contributed by atoms with van der Waals surface area (Å²) in [5.74, 6) is 0.164. The maximum absolute atomic E-state index is 12.1. The Hall–Kier alpha value is -0.600. The fourth-order valence-electron chi connectivity index (χ4n) is 3.25. The van der Waals surface area contributed by atoms with Crippen LogP contribution in [0.3, 0.4) is 0 Å². The van der Waals surface area contributed by atoms with Crippen LogP contribution in [0.2, 0.25) is 0 Å². The lowest BCUT2D eigenvalue weighted by molar-refractivity contribution is -0.136. The number of halogens is 1. The largest absolute Gasteiger partial charge is 0.363 e. The van der Waals surface area contributed by atoms with Gasteiger partial charge in [0.05, 0.1) is 7.88 Å². The van der Waals surface area contributed by atoms with Crippen LogP contribution in [0.4, 0.5) is 5.00 Å². The number of thiophene rings is 1. The van der Waals surface area contributed by atoms with Crippen molar-refractivity contribution in [1.29, 1.82) is 0 Å². The molecule has 0 radical (unpaired) electrons. The molecule has 1 aromatic heterocycles. The van der Waals surface area contributed by atoms with Crippen molar-refractivity contribution in [2.75, 3.05) is 51.7 Å². The molecule has 0 bridgehead atoms. The summed E-state index contributed by atoms with van der Waals surface area (Å²) < 4.78 is 1.34. The third kappa shape index (κ3) is 3.49. The highest BCUT2D eigenvalue weighted by molar-refractivity contribution is 14.1. The fourth-order valence-corrected chi connectivity index (χ4v) is 4.86. The van der Waals surface area contributed by atoms with Crippen molar-refractivity contribution in [2.45, 2.75) is 6.42 Å². The van der Waals surface area contributed by atoms with Crippen LogP contribution in [0.5, 0.6) is 0 Å². The highest BCUT2D eigenvalue weighted by Gasteiger charge is 2.49. The minimum atomic E-state index is 0.164. The Morgan fingerprint density at radius 2 is 2.18 bits per heavy atom.